The van der Waals surface area contributed by atoms with Gasteiger partial charge in [-0.15, -0.1) is 11.3 Å². The fraction of sp³-hybridized carbons (Fsp3) is 0.118. The van der Waals surface area contributed by atoms with Gasteiger partial charge in [-0.2, -0.15) is 0 Å². The number of rotatable bonds is 5. The number of nitrogens with one attached hydrogen (secondary N) is 2. The van der Waals surface area contributed by atoms with E-state index >= 15 is 0 Å². The van der Waals surface area contributed by atoms with Crippen molar-refractivity contribution >= 4 is 33.7 Å². The molecule has 3 aromatic rings. The molecule has 0 aliphatic carbocycles. The number of fused-ring (bicyclic) bond motifs is 1. The van der Waals surface area contributed by atoms with Crippen molar-refractivity contribution < 1.29 is 4.79 Å². The standard InChI is InChI=1S/C17H16N2OS/c20-17(19-11-14-7-4-10-21-14)12-18-16-9-3-6-13-5-1-2-8-15(13)16/h1-10,18H,11-12H2,(H,19,20). The molecule has 0 unspecified atom stereocenters. The molecule has 0 atom stereocenters. The largest absolute Gasteiger partial charge is 0.376 e. The topological polar surface area (TPSA) is 41.1 Å². The van der Waals surface area contributed by atoms with Gasteiger partial charge in [-0.05, 0) is 22.9 Å². The van der Waals surface area contributed by atoms with Gasteiger partial charge >= 0.3 is 0 Å². The zero-order valence-electron chi connectivity index (χ0n) is 11.5. The van der Waals surface area contributed by atoms with Gasteiger partial charge in [0.1, 0.15) is 0 Å². The molecule has 3 rings (SSSR count). The Balaban J connectivity index is 1.60. The van der Waals surface area contributed by atoms with Crippen LogP contribution < -0.4 is 10.6 Å². The first-order chi connectivity index (χ1) is 10.3. The van der Waals surface area contributed by atoms with E-state index in [9.17, 15) is 4.79 Å². The summed E-state index contributed by atoms with van der Waals surface area (Å²) in [6.45, 7) is 0.868. The lowest BCUT2D eigenvalue weighted by Crippen LogP contribution is -2.29. The summed E-state index contributed by atoms with van der Waals surface area (Å²) in [4.78, 5) is 13.0. The van der Waals surface area contributed by atoms with Gasteiger partial charge in [-0.25, -0.2) is 0 Å². The van der Waals surface area contributed by atoms with E-state index in [1.807, 2.05) is 41.8 Å². The summed E-state index contributed by atoms with van der Waals surface area (Å²) in [5.74, 6) is -0.00339. The molecule has 2 N–H and O–H groups in total. The SMILES string of the molecule is O=C(CNc1cccc2ccccc12)NCc1cccs1. The molecule has 0 fully saturated rings. The number of hydrogen-bond donors (Lipinski definition) is 2. The number of thiophene rings is 1. The molecule has 4 heteroatoms. The molecule has 0 saturated heterocycles. The van der Waals surface area contributed by atoms with Gasteiger partial charge < -0.3 is 10.6 Å². The molecular formula is C17H16N2OS. The first-order valence-corrected chi connectivity index (χ1v) is 7.71. The van der Waals surface area contributed by atoms with Crippen LogP contribution in [0.3, 0.4) is 0 Å². The van der Waals surface area contributed by atoms with Gasteiger partial charge in [0.2, 0.25) is 5.91 Å². The Morgan fingerprint density at radius 2 is 1.86 bits per heavy atom. The Labute approximate surface area is 127 Å². The van der Waals surface area contributed by atoms with Crippen LogP contribution in [0.15, 0.2) is 60.0 Å². The van der Waals surface area contributed by atoms with Crippen molar-refractivity contribution in [2.45, 2.75) is 6.54 Å². The molecule has 1 amide bonds. The summed E-state index contributed by atoms with van der Waals surface area (Å²) < 4.78 is 0. The molecular weight excluding hydrogens is 280 g/mol. The number of anilines is 1. The molecule has 2 aromatic carbocycles. The molecule has 1 heterocycles. The predicted molar refractivity (Wildman–Crippen MR) is 88.6 cm³/mol. The van der Waals surface area contributed by atoms with Crippen molar-refractivity contribution in [2.75, 3.05) is 11.9 Å². The maximum absolute atomic E-state index is 11.9. The van der Waals surface area contributed by atoms with Crippen molar-refractivity contribution in [2.24, 2.45) is 0 Å². The maximum atomic E-state index is 11.9. The van der Waals surface area contributed by atoms with Crippen LogP contribution in [-0.4, -0.2) is 12.5 Å². The van der Waals surface area contributed by atoms with E-state index in [0.29, 0.717) is 6.54 Å². The Morgan fingerprint density at radius 1 is 1.00 bits per heavy atom. The zero-order chi connectivity index (χ0) is 14.5. The van der Waals surface area contributed by atoms with Crippen molar-refractivity contribution in [1.82, 2.24) is 5.32 Å². The number of amides is 1. The second-order valence-corrected chi connectivity index (χ2v) is 5.77. The van der Waals surface area contributed by atoms with Crippen molar-refractivity contribution in [3.05, 3.63) is 64.9 Å². The van der Waals surface area contributed by atoms with Crippen LogP contribution >= 0.6 is 11.3 Å². The minimum absolute atomic E-state index is 0.00339. The second-order valence-electron chi connectivity index (χ2n) is 4.74. The molecule has 0 spiro atoms. The molecule has 0 aliphatic rings. The third kappa shape index (κ3) is 3.41. The van der Waals surface area contributed by atoms with Gasteiger partial charge in [0.25, 0.3) is 0 Å². The Morgan fingerprint density at radius 3 is 2.71 bits per heavy atom. The average Bonchev–Trinajstić information content (AvgIpc) is 3.04. The normalized spacial score (nSPS) is 10.5. The third-order valence-electron chi connectivity index (χ3n) is 3.27. The highest BCUT2D eigenvalue weighted by Gasteiger charge is 2.04. The Bertz CT molecular complexity index is 732. The molecule has 0 saturated carbocycles. The molecule has 1 aromatic heterocycles. The van der Waals surface area contributed by atoms with E-state index in [1.54, 1.807) is 11.3 Å². The van der Waals surface area contributed by atoms with Crippen LogP contribution in [0.4, 0.5) is 5.69 Å². The van der Waals surface area contributed by atoms with Crippen LogP contribution in [0.1, 0.15) is 4.88 Å². The highest BCUT2D eigenvalue weighted by molar-refractivity contribution is 7.09. The zero-order valence-corrected chi connectivity index (χ0v) is 12.3. The van der Waals surface area contributed by atoms with Crippen molar-refractivity contribution in [1.29, 1.82) is 0 Å². The molecule has 0 bridgehead atoms. The van der Waals surface area contributed by atoms with Gasteiger partial charge in [0, 0.05) is 16.0 Å². The van der Waals surface area contributed by atoms with E-state index in [1.165, 1.54) is 5.39 Å². The van der Waals surface area contributed by atoms with Gasteiger partial charge in [-0.3, -0.25) is 4.79 Å². The molecule has 21 heavy (non-hydrogen) atoms. The fourth-order valence-corrected chi connectivity index (χ4v) is 2.86. The minimum atomic E-state index is -0.00339. The first kappa shape index (κ1) is 13.6. The summed E-state index contributed by atoms with van der Waals surface area (Å²) in [6, 6.07) is 18.2. The van der Waals surface area contributed by atoms with Gasteiger partial charge in [-0.1, -0.05) is 42.5 Å². The predicted octanol–water partition coefficient (Wildman–Crippen LogP) is 3.63. The summed E-state index contributed by atoms with van der Waals surface area (Å²) in [6.07, 6.45) is 0. The summed E-state index contributed by atoms with van der Waals surface area (Å²) in [5, 5.41) is 10.4. The average molecular weight is 296 g/mol. The van der Waals surface area contributed by atoms with E-state index in [0.717, 1.165) is 16.0 Å². The van der Waals surface area contributed by atoms with Crippen LogP contribution in [-0.2, 0) is 11.3 Å². The Kier molecular flexibility index (Phi) is 4.17. The van der Waals surface area contributed by atoms with Gasteiger partial charge in [0.15, 0.2) is 0 Å². The number of hydrogen-bond acceptors (Lipinski definition) is 3. The molecule has 0 aliphatic heterocycles. The van der Waals surface area contributed by atoms with Crippen molar-refractivity contribution in [3.8, 4) is 0 Å². The number of benzene rings is 2. The summed E-state index contributed by atoms with van der Waals surface area (Å²) in [5.41, 5.74) is 0.986. The van der Waals surface area contributed by atoms with Gasteiger partial charge in [0.05, 0.1) is 13.1 Å². The van der Waals surface area contributed by atoms with E-state index in [2.05, 4.69) is 28.8 Å². The lowest BCUT2D eigenvalue weighted by Gasteiger charge is -2.10. The smallest absolute Gasteiger partial charge is 0.239 e. The van der Waals surface area contributed by atoms with E-state index < -0.39 is 0 Å². The fourth-order valence-electron chi connectivity index (χ4n) is 2.22. The maximum Gasteiger partial charge on any atom is 0.239 e. The van der Waals surface area contributed by atoms with Crippen LogP contribution in [0.25, 0.3) is 10.8 Å². The van der Waals surface area contributed by atoms with Crippen LogP contribution in [0, 0.1) is 0 Å². The quantitative estimate of drug-likeness (QED) is 0.755. The minimum Gasteiger partial charge on any atom is -0.376 e. The Hall–Kier alpha value is -2.33. The lowest BCUT2D eigenvalue weighted by molar-refractivity contribution is -0.119. The summed E-state index contributed by atoms with van der Waals surface area (Å²) in [7, 11) is 0. The molecule has 0 radical (unpaired) electrons. The highest BCUT2D eigenvalue weighted by atomic mass is 32.1. The van der Waals surface area contributed by atoms with Crippen LogP contribution in [0.2, 0.25) is 0 Å². The van der Waals surface area contributed by atoms with E-state index in [4.69, 9.17) is 0 Å². The van der Waals surface area contributed by atoms with Crippen molar-refractivity contribution in [3.63, 3.8) is 0 Å². The molecule has 3 nitrogen and oxygen atoms in total. The first-order valence-electron chi connectivity index (χ1n) is 6.83. The number of carbonyl (C=O) groups is 1. The van der Waals surface area contributed by atoms with E-state index in [-0.39, 0.29) is 12.5 Å². The third-order valence-corrected chi connectivity index (χ3v) is 4.15. The summed E-state index contributed by atoms with van der Waals surface area (Å²) >= 11 is 1.65. The van der Waals surface area contributed by atoms with Crippen LogP contribution in [0.5, 0.6) is 0 Å². The second kappa shape index (κ2) is 6.41. The number of carbonyl (C=O) groups excluding carboxylic acids is 1. The molecule has 106 valence electrons. The lowest BCUT2D eigenvalue weighted by atomic mass is 10.1. The highest BCUT2D eigenvalue weighted by Crippen LogP contribution is 2.22. The monoisotopic (exact) mass is 296 g/mol.